The van der Waals surface area contributed by atoms with Crippen LogP contribution in [0.1, 0.15) is 24.2 Å². The molecule has 0 radical (unpaired) electrons. The molecule has 0 aliphatic rings. The second kappa shape index (κ2) is 5.30. The molecule has 0 N–H and O–H groups in total. The quantitative estimate of drug-likeness (QED) is 0.534. The normalized spacial score (nSPS) is 9.88. The summed E-state index contributed by atoms with van der Waals surface area (Å²) < 4.78 is 0. The number of carboxylic acid groups (broad SMARTS) is 1. The van der Waals surface area contributed by atoms with Crippen molar-refractivity contribution in [1.29, 1.82) is 0 Å². The minimum Gasteiger partial charge on any atom is -0.541 e. The topological polar surface area (TPSA) is 60.4 Å². The molecule has 0 unspecified atom stereocenters. The lowest BCUT2D eigenvalue weighted by molar-refractivity contribution is -0.296. The van der Waals surface area contributed by atoms with Gasteiger partial charge in [0.1, 0.15) is 5.97 Å². The zero-order chi connectivity index (χ0) is 12.1. The Kier molecular flexibility index (Phi) is 4.05. The molecule has 0 saturated heterocycles. The van der Waals surface area contributed by atoms with Gasteiger partial charge in [-0.25, -0.2) is 0 Å². The molecular formula is C12H14NO3-. The number of aliphatic carboxylic acids is 1. The Labute approximate surface area is 94.5 Å². The molecule has 0 bridgehead atoms. The third-order valence-corrected chi connectivity index (χ3v) is 2.44. The van der Waals surface area contributed by atoms with Crippen molar-refractivity contribution in [3.05, 3.63) is 29.8 Å². The van der Waals surface area contributed by atoms with Gasteiger partial charge in [0.05, 0.1) is 0 Å². The number of Topliss-reactive ketones (excluding diaryl/α,β-unsaturated/α-hetero) is 1. The van der Waals surface area contributed by atoms with Crippen LogP contribution in [0.2, 0.25) is 0 Å². The molecule has 0 aromatic heterocycles. The van der Waals surface area contributed by atoms with Crippen LogP contribution in [0.25, 0.3) is 0 Å². The van der Waals surface area contributed by atoms with Crippen LogP contribution in [-0.2, 0) is 4.79 Å². The van der Waals surface area contributed by atoms with Gasteiger partial charge in [-0.05, 0) is 38.1 Å². The summed E-state index contributed by atoms with van der Waals surface area (Å²) in [7, 11) is 0. The molecule has 16 heavy (non-hydrogen) atoms. The average Bonchev–Trinajstić information content (AvgIpc) is 2.30. The first-order valence-electron chi connectivity index (χ1n) is 5.20. The van der Waals surface area contributed by atoms with Gasteiger partial charge < -0.3 is 14.8 Å². The first kappa shape index (κ1) is 12.2. The molecule has 0 aliphatic heterocycles. The molecule has 1 aromatic rings. The summed E-state index contributed by atoms with van der Waals surface area (Å²) in [6, 6.07) is 6.49. The largest absolute Gasteiger partial charge is 0.541 e. The number of nitrogens with zero attached hydrogens (tertiary/aromatic N) is 1. The molecule has 1 rings (SSSR count). The third-order valence-electron chi connectivity index (χ3n) is 2.44. The Balaban J connectivity index is 2.90. The maximum atomic E-state index is 11.1. The van der Waals surface area contributed by atoms with E-state index in [1.165, 1.54) is 12.1 Å². The molecule has 0 heterocycles. The average molecular weight is 220 g/mol. The molecule has 4 heteroatoms. The van der Waals surface area contributed by atoms with E-state index in [4.69, 9.17) is 0 Å². The number of anilines is 1. The van der Waals surface area contributed by atoms with Crippen molar-refractivity contribution in [1.82, 2.24) is 0 Å². The molecule has 0 amide bonds. The van der Waals surface area contributed by atoms with Crippen LogP contribution in [0.15, 0.2) is 24.3 Å². The first-order valence-corrected chi connectivity index (χ1v) is 5.20. The zero-order valence-corrected chi connectivity index (χ0v) is 9.40. The molecular weight excluding hydrogens is 206 g/mol. The third kappa shape index (κ3) is 2.59. The molecule has 0 spiro atoms. The highest BCUT2D eigenvalue weighted by atomic mass is 16.4. The monoisotopic (exact) mass is 220 g/mol. The molecule has 0 atom stereocenters. The lowest BCUT2D eigenvalue weighted by Crippen LogP contribution is -2.31. The van der Waals surface area contributed by atoms with Gasteiger partial charge in [-0.2, -0.15) is 0 Å². The number of rotatable bonds is 5. The fraction of sp³-hybridized carbons (Fsp3) is 0.333. The van der Waals surface area contributed by atoms with E-state index in [-0.39, 0.29) is 5.56 Å². The number of ketones is 1. The second-order valence-corrected chi connectivity index (χ2v) is 3.34. The van der Waals surface area contributed by atoms with E-state index in [9.17, 15) is 14.7 Å². The lowest BCUT2D eigenvalue weighted by atomic mass is 10.1. The van der Waals surface area contributed by atoms with Gasteiger partial charge in [0.2, 0.25) is 5.78 Å². The molecule has 0 fully saturated rings. The van der Waals surface area contributed by atoms with Crippen molar-refractivity contribution < 1.29 is 14.7 Å². The van der Waals surface area contributed by atoms with Crippen molar-refractivity contribution >= 4 is 17.4 Å². The van der Waals surface area contributed by atoms with Crippen molar-refractivity contribution in [3.8, 4) is 0 Å². The number of carbonyl (C=O) groups is 2. The molecule has 86 valence electrons. The summed E-state index contributed by atoms with van der Waals surface area (Å²) >= 11 is 0. The van der Waals surface area contributed by atoms with Crippen molar-refractivity contribution in [2.24, 2.45) is 0 Å². The van der Waals surface area contributed by atoms with Crippen molar-refractivity contribution in [2.75, 3.05) is 18.0 Å². The van der Waals surface area contributed by atoms with Crippen LogP contribution in [0.3, 0.4) is 0 Å². The Morgan fingerprint density at radius 3 is 2.00 bits per heavy atom. The maximum absolute atomic E-state index is 11.1. The SMILES string of the molecule is CCN(CC)c1ccc(C(=O)C(=O)[O-])cc1. The minimum absolute atomic E-state index is 0.149. The van der Waals surface area contributed by atoms with Gasteiger partial charge in [-0.1, -0.05) is 0 Å². The van der Waals surface area contributed by atoms with E-state index in [0.29, 0.717) is 0 Å². The smallest absolute Gasteiger partial charge is 0.208 e. The Bertz CT molecular complexity index is 380. The van der Waals surface area contributed by atoms with Gasteiger partial charge >= 0.3 is 0 Å². The predicted molar refractivity (Wildman–Crippen MR) is 59.3 cm³/mol. The van der Waals surface area contributed by atoms with Gasteiger partial charge in [0.25, 0.3) is 0 Å². The van der Waals surface area contributed by atoms with E-state index in [1.807, 2.05) is 13.8 Å². The van der Waals surface area contributed by atoms with Crippen LogP contribution in [0.4, 0.5) is 5.69 Å². The summed E-state index contributed by atoms with van der Waals surface area (Å²) in [5.74, 6) is -2.65. The van der Waals surface area contributed by atoms with Gasteiger partial charge in [0.15, 0.2) is 0 Å². The number of hydrogen-bond acceptors (Lipinski definition) is 4. The van der Waals surface area contributed by atoms with Crippen LogP contribution in [0, 0.1) is 0 Å². The first-order chi connectivity index (χ1) is 7.60. The maximum Gasteiger partial charge on any atom is 0.208 e. The fourth-order valence-electron chi connectivity index (χ4n) is 1.53. The van der Waals surface area contributed by atoms with Crippen LogP contribution < -0.4 is 10.0 Å². The van der Waals surface area contributed by atoms with Gasteiger partial charge in [-0.15, -0.1) is 0 Å². The molecule has 1 aromatic carbocycles. The van der Waals surface area contributed by atoms with Crippen LogP contribution in [0.5, 0.6) is 0 Å². The summed E-state index contributed by atoms with van der Waals surface area (Å²) in [6.45, 7) is 5.79. The van der Waals surface area contributed by atoms with E-state index in [0.717, 1.165) is 18.8 Å². The highest BCUT2D eigenvalue weighted by Crippen LogP contribution is 2.14. The lowest BCUT2D eigenvalue weighted by Gasteiger charge is -2.21. The number of benzene rings is 1. The number of carbonyl (C=O) groups excluding carboxylic acids is 2. The standard InChI is InChI=1S/C12H15NO3/c1-3-13(4-2)10-7-5-9(6-8-10)11(14)12(15)16/h5-8H,3-4H2,1-2H3,(H,15,16)/p-1. The number of carboxylic acids is 1. The second-order valence-electron chi connectivity index (χ2n) is 3.34. The van der Waals surface area contributed by atoms with Crippen molar-refractivity contribution in [3.63, 3.8) is 0 Å². The summed E-state index contributed by atoms with van der Waals surface area (Å²) in [6.07, 6.45) is 0. The fourth-order valence-corrected chi connectivity index (χ4v) is 1.53. The Morgan fingerprint density at radius 2 is 1.62 bits per heavy atom. The van der Waals surface area contributed by atoms with E-state index in [1.54, 1.807) is 12.1 Å². The summed E-state index contributed by atoms with van der Waals surface area (Å²) in [5.41, 5.74) is 1.12. The minimum atomic E-state index is -1.67. The predicted octanol–water partition coefficient (Wildman–Crippen LogP) is 0.465. The Morgan fingerprint density at radius 1 is 1.12 bits per heavy atom. The van der Waals surface area contributed by atoms with E-state index < -0.39 is 11.8 Å². The van der Waals surface area contributed by atoms with Gasteiger partial charge in [-0.3, -0.25) is 4.79 Å². The van der Waals surface area contributed by atoms with E-state index in [2.05, 4.69) is 4.90 Å². The van der Waals surface area contributed by atoms with Crippen LogP contribution >= 0.6 is 0 Å². The van der Waals surface area contributed by atoms with Gasteiger partial charge in [0, 0.05) is 24.3 Å². The zero-order valence-electron chi connectivity index (χ0n) is 9.40. The molecule has 0 saturated carbocycles. The summed E-state index contributed by atoms with van der Waals surface area (Å²) in [4.78, 5) is 23.6. The van der Waals surface area contributed by atoms with Crippen molar-refractivity contribution in [2.45, 2.75) is 13.8 Å². The molecule has 4 nitrogen and oxygen atoms in total. The highest BCUT2D eigenvalue weighted by molar-refractivity contribution is 6.38. The highest BCUT2D eigenvalue weighted by Gasteiger charge is 2.07. The Hall–Kier alpha value is -1.84. The molecule has 0 aliphatic carbocycles. The number of hydrogen-bond donors (Lipinski definition) is 0. The van der Waals surface area contributed by atoms with Crippen LogP contribution in [-0.4, -0.2) is 24.8 Å². The summed E-state index contributed by atoms with van der Waals surface area (Å²) in [5, 5.41) is 10.4. The van der Waals surface area contributed by atoms with E-state index >= 15 is 0 Å².